The van der Waals surface area contributed by atoms with Crippen LogP contribution in [0.3, 0.4) is 0 Å². The van der Waals surface area contributed by atoms with E-state index >= 15 is 0 Å². The summed E-state index contributed by atoms with van der Waals surface area (Å²) in [5.74, 6) is 2.91. The molecular formula is C22H27NO7. The highest BCUT2D eigenvalue weighted by Gasteiger charge is 2.13. The van der Waals surface area contributed by atoms with Crippen molar-refractivity contribution in [3.63, 3.8) is 0 Å². The van der Waals surface area contributed by atoms with Crippen molar-refractivity contribution in [3.05, 3.63) is 41.5 Å². The van der Waals surface area contributed by atoms with E-state index < -0.39 is 0 Å². The summed E-state index contributed by atoms with van der Waals surface area (Å²) in [5, 5.41) is 2.82. The van der Waals surface area contributed by atoms with Crippen LogP contribution in [0.4, 0.5) is 0 Å². The Hall–Kier alpha value is -3.55. The molecule has 0 atom stereocenters. The average molecular weight is 417 g/mol. The van der Waals surface area contributed by atoms with Gasteiger partial charge >= 0.3 is 0 Å². The maximum absolute atomic E-state index is 12.3. The lowest BCUT2D eigenvalue weighted by Crippen LogP contribution is -2.20. The van der Waals surface area contributed by atoms with Crippen molar-refractivity contribution in [2.75, 3.05) is 42.7 Å². The zero-order valence-electron chi connectivity index (χ0n) is 18.0. The van der Waals surface area contributed by atoms with Crippen LogP contribution in [0.25, 0.3) is 6.08 Å². The number of ether oxygens (including phenoxy) is 6. The van der Waals surface area contributed by atoms with Crippen molar-refractivity contribution >= 4 is 12.0 Å². The van der Waals surface area contributed by atoms with Crippen LogP contribution < -0.4 is 33.7 Å². The number of methoxy groups -OCH3 is 6. The van der Waals surface area contributed by atoms with Gasteiger partial charge in [0.05, 0.1) is 42.7 Å². The Balaban J connectivity index is 2.14. The molecular weight excluding hydrogens is 390 g/mol. The Labute approximate surface area is 176 Å². The monoisotopic (exact) mass is 417 g/mol. The van der Waals surface area contributed by atoms with E-state index in [2.05, 4.69) is 5.32 Å². The fourth-order valence-electron chi connectivity index (χ4n) is 2.84. The van der Waals surface area contributed by atoms with Crippen LogP contribution in [0.2, 0.25) is 0 Å². The first-order valence-electron chi connectivity index (χ1n) is 9.06. The van der Waals surface area contributed by atoms with Gasteiger partial charge in [-0.05, 0) is 29.8 Å². The number of benzene rings is 2. The first-order chi connectivity index (χ1) is 14.5. The highest BCUT2D eigenvalue weighted by atomic mass is 16.5. The zero-order valence-corrected chi connectivity index (χ0v) is 18.0. The van der Waals surface area contributed by atoms with Crippen molar-refractivity contribution in [1.29, 1.82) is 0 Å². The smallest absolute Gasteiger partial charge is 0.244 e. The Morgan fingerprint density at radius 3 is 1.77 bits per heavy atom. The molecule has 0 radical (unpaired) electrons. The molecule has 8 heteroatoms. The second-order valence-corrected chi connectivity index (χ2v) is 6.03. The van der Waals surface area contributed by atoms with Gasteiger partial charge in [-0.3, -0.25) is 4.79 Å². The fraction of sp³-hybridized carbons (Fsp3) is 0.318. The molecule has 0 spiro atoms. The number of hydrogen-bond acceptors (Lipinski definition) is 7. The molecule has 30 heavy (non-hydrogen) atoms. The van der Waals surface area contributed by atoms with E-state index in [9.17, 15) is 4.79 Å². The maximum atomic E-state index is 12.3. The lowest BCUT2D eigenvalue weighted by molar-refractivity contribution is -0.116. The molecule has 0 fully saturated rings. The van der Waals surface area contributed by atoms with Gasteiger partial charge in [-0.15, -0.1) is 0 Å². The Kier molecular flexibility index (Phi) is 8.22. The van der Waals surface area contributed by atoms with Gasteiger partial charge in [-0.1, -0.05) is 0 Å². The molecule has 0 heterocycles. The molecule has 1 N–H and O–H groups in total. The van der Waals surface area contributed by atoms with Crippen molar-refractivity contribution in [2.24, 2.45) is 0 Å². The topological polar surface area (TPSA) is 84.5 Å². The number of hydrogen-bond donors (Lipinski definition) is 1. The van der Waals surface area contributed by atoms with E-state index in [-0.39, 0.29) is 12.5 Å². The first kappa shape index (κ1) is 22.7. The molecule has 162 valence electrons. The second kappa shape index (κ2) is 10.8. The predicted octanol–water partition coefficient (Wildman–Crippen LogP) is 3.07. The van der Waals surface area contributed by atoms with Gasteiger partial charge in [0.1, 0.15) is 5.75 Å². The highest BCUT2D eigenvalue weighted by Crippen LogP contribution is 2.38. The summed E-state index contributed by atoms with van der Waals surface area (Å²) in [6.45, 7) is 0.252. The van der Waals surface area contributed by atoms with Gasteiger partial charge in [-0.2, -0.15) is 0 Å². The van der Waals surface area contributed by atoms with Crippen molar-refractivity contribution < 1.29 is 33.2 Å². The number of nitrogens with one attached hydrogen (secondary N) is 1. The van der Waals surface area contributed by atoms with Crippen molar-refractivity contribution in [1.82, 2.24) is 5.32 Å². The minimum Gasteiger partial charge on any atom is -0.496 e. The lowest BCUT2D eigenvalue weighted by atomic mass is 10.1. The summed E-state index contributed by atoms with van der Waals surface area (Å²) in [4.78, 5) is 12.3. The van der Waals surface area contributed by atoms with Gasteiger partial charge in [0.25, 0.3) is 0 Å². The molecule has 1 amide bonds. The summed E-state index contributed by atoms with van der Waals surface area (Å²) < 4.78 is 31.9. The second-order valence-electron chi connectivity index (χ2n) is 6.03. The number of carbonyl (C=O) groups is 1. The SMILES string of the molecule is COc1cc(OC)c(OC)cc1CNC(=O)/C=C/c1cc(OC)c(OC)c(OC)c1. The van der Waals surface area contributed by atoms with Gasteiger partial charge in [0.2, 0.25) is 11.7 Å². The minimum absolute atomic E-state index is 0.252. The molecule has 0 aliphatic rings. The quantitative estimate of drug-likeness (QED) is 0.595. The molecule has 8 nitrogen and oxygen atoms in total. The molecule has 0 aliphatic carbocycles. The van der Waals surface area contributed by atoms with E-state index in [0.717, 1.165) is 11.1 Å². The molecule has 0 aromatic heterocycles. The van der Waals surface area contributed by atoms with Crippen LogP contribution in [0.15, 0.2) is 30.3 Å². The summed E-state index contributed by atoms with van der Waals surface area (Å²) in [6.07, 6.45) is 3.08. The van der Waals surface area contributed by atoms with Gasteiger partial charge in [-0.25, -0.2) is 0 Å². The molecule has 2 aromatic carbocycles. The number of amides is 1. The van der Waals surface area contributed by atoms with Crippen LogP contribution >= 0.6 is 0 Å². The predicted molar refractivity (Wildman–Crippen MR) is 113 cm³/mol. The molecule has 0 bridgehead atoms. The maximum Gasteiger partial charge on any atom is 0.244 e. The van der Waals surface area contributed by atoms with Gasteiger partial charge in [0, 0.05) is 24.3 Å². The largest absolute Gasteiger partial charge is 0.496 e. The van der Waals surface area contributed by atoms with E-state index in [4.69, 9.17) is 28.4 Å². The number of rotatable bonds is 10. The Morgan fingerprint density at radius 2 is 1.27 bits per heavy atom. The Morgan fingerprint density at radius 1 is 0.733 bits per heavy atom. The minimum atomic E-state index is -0.277. The molecule has 0 aliphatic heterocycles. The van der Waals surface area contributed by atoms with Crippen LogP contribution in [-0.4, -0.2) is 48.6 Å². The van der Waals surface area contributed by atoms with Gasteiger partial charge in [0.15, 0.2) is 23.0 Å². The van der Waals surface area contributed by atoms with Crippen LogP contribution in [-0.2, 0) is 11.3 Å². The lowest BCUT2D eigenvalue weighted by Gasteiger charge is -2.14. The van der Waals surface area contributed by atoms with Crippen LogP contribution in [0, 0.1) is 0 Å². The van der Waals surface area contributed by atoms with Gasteiger partial charge < -0.3 is 33.7 Å². The highest BCUT2D eigenvalue weighted by molar-refractivity contribution is 5.92. The summed E-state index contributed by atoms with van der Waals surface area (Å²) >= 11 is 0. The Bertz CT molecular complexity index is 884. The molecule has 2 rings (SSSR count). The molecule has 2 aromatic rings. The zero-order chi connectivity index (χ0) is 22.1. The van der Waals surface area contributed by atoms with Crippen molar-refractivity contribution in [3.8, 4) is 34.5 Å². The van der Waals surface area contributed by atoms with E-state index in [1.54, 1.807) is 51.7 Å². The third-order valence-corrected chi connectivity index (χ3v) is 4.35. The van der Waals surface area contributed by atoms with Crippen LogP contribution in [0.1, 0.15) is 11.1 Å². The molecule has 0 saturated heterocycles. The number of carbonyl (C=O) groups excluding carboxylic acids is 1. The molecule has 0 saturated carbocycles. The van der Waals surface area contributed by atoms with E-state index in [0.29, 0.717) is 34.5 Å². The average Bonchev–Trinajstić information content (AvgIpc) is 2.79. The summed E-state index contributed by atoms with van der Waals surface area (Å²) in [5.41, 5.74) is 1.48. The third kappa shape index (κ3) is 5.28. The van der Waals surface area contributed by atoms with Crippen molar-refractivity contribution in [2.45, 2.75) is 6.54 Å². The third-order valence-electron chi connectivity index (χ3n) is 4.35. The van der Waals surface area contributed by atoms with E-state index in [1.165, 1.54) is 27.4 Å². The summed E-state index contributed by atoms with van der Waals surface area (Å²) in [6, 6.07) is 6.98. The first-order valence-corrected chi connectivity index (χ1v) is 9.06. The summed E-state index contributed by atoms with van der Waals surface area (Å²) in [7, 11) is 9.25. The standard InChI is InChI=1S/C22H27NO7/c1-25-16-12-18(27-3)17(26-2)11-15(16)13-23-21(24)8-7-14-9-19(28-4)22(30-6)20(10-14)29-5/h7-12H,13H2,1-6H3,(H,23,24)/b8-7+. The van der Waals surface area contributed by atoms with E-state index in [1.807, 2.05) is 0 Å². The van der Waals surface area contributed by atoms with Crippen LogP contribution in [0.5, 0.6) is 34.5 Å². The fourth-order valence-corrected chi connectivity index (χ4v) is 2.84. The molecule has 0 unspecified atom stereocenters. The normalized spacial score (nSPS) is 10.5.